The van der Waals surface area contributed by atoms with E-state index >= 15 is 0 Å². The molecule has 1 saturated heterocycles. The van der Waals surface area contributed by atoms with Crippen LogP contribution in [0.4, 0.5) is 22.0 Å². The topological polar surface area (TPSA) is 353 Å². The van der Waals surface area contributed by atoms with E-state index in [0.717, 1.165) is 122 Å². The Bertz CT molecular complexity index is 5880. The zero-order valence-corrected chi connectivity index (χ0v) is 84.2. The van der Waals surface area contributed by atoms with Gasteiger partial charge < -0.3 is 59.0 Å². The lowest BCUT2D eigenvalue weighted by Gasteiger charge is -2.29. The highest BCUT2D eigenvalue weighted by atomic mass is 19.1. The fourth-order valence-electron chi connectivity index (χ4n) is 15.3. The van der Waals surface area contributed by atoms with E-state index in [1.54, 1.807) is 153 Å². The molecule has 8 N–H and O–H groups in total. The van der Waals surface area contributed by atoms with Crippen molar-refractivity contribution in [3.63, 3.8) is 0 Å². The van der Waals surface area contributed by atoms with Crippen molar-refractivity contribution in [3.05, 3.63) is 317 Å². The number of hydrogen-bond acceptors (Lipinski definition) is 18. The van der Waals surface area contributed by atoms with Crippen molar-refractivity contribution in [2.45, 2.75) is 176 Å². The number of halogens is 5. The number of carbonyl (C=O) groups is 6. The van der Waals surface area contributed by atoms with Crippen LogP contribution in [0.15, 0.2) is 164 Å². The minimum atomic E-state index is -1.10. The molecule has 6 aromatic carbocycles. The molecular formula is C105H140F5N21O9. The number of benzene rings is 6. The molecule has 754 valence electrons. The van der Waals surface area contributed by atoms with Crippen molar-refractivity contribution in [3.8, 4) is 0 Å². The Morgan fingerprint density at radius 3 is 0.907 bits per heavy atom. The van der Waals surface area contributed by atoms with Crippen molar-refractivity contribution in [2.75, 3.05) is 118 Å². The number of aromatic amines is 6. The van der Waals surface area contributed by atoms with Gasteiger partial charge in [0.1, 0.15) is 63.2 Å². The highest BCUT2D eigenvalue weighted by Gasteiger charge is 2.31. The summed E-state index contributed by atoms with van der Waals surface area (Å²) in [6.07, 6.45) is 0.917. The van der Waals surface area contributed by atoms with Gasteiger partial charge in [0.05, 0.1) is 18.8 Å². The molecule has 1 aliphatic heterocycles. The van der Waals surface area contributed by atoms with E-state index in [0.29, 0.717) is 96.5 Å². The van der Waals surface area contributed by atoms with Crippen molar-refractivity contribution in [1.82, 2.24) is 105 Å². The number of aromatic nitrogens is 12. The second-order valence-electron chi connectivity index (χ2n) is 35.7. The van der Waals surface area contributed by atoms with Gasteiger partial charge in [-0.2, -0.15) is 30.6 Å². The molecule has 12 aromatic rings. The molecule has 1 aliphatic rings. The molecule has 7 heterocycles. The Morgan fingerprint density at radius 1 is 0.343 bits per heavy atom. The van der Waals surface area contributed by atoms with Crippen LogP contribution in [0.1, 0.15) is 215 Å². The van der Waals surface area contributed by atoms with Crippen molar-refractivity contribution < 1.29 is 65.7 Å². The Morgan fingerprint density at radius 2 is 0.629 bits per heavy atom. The summed E-state index contributed by atoms with van der Waals surface area (Å²) >= 11 is 0. The Kier molecular flexibility index (Phi) is 45.0. The lowest BCUT2D eigenvalue weighted by molar-refractivity contribution is 0.0274. The first-order valence-corrected chi connectivity index (χ1v) is 47.5. The van der Waals surface area contributed by atoms with Gasteiger partial charge in [-0.25, -0.2) is 22.0 Å². The predicted molar refractivity (Wildman–Crippen MR) is 531 cm³/mol. The maximum absolute atomic E-state index is 14.2. The summed E-state index contributed by atoms with van der Waals surface area (Å²) in [6.45, 7) is 47.5. The maximum atomic E-state index is 14.2. The van der Waals surface area contributed by atoms with Gasteiger partial charge in [0, 0.05) is 173 Å². The number of likely N-dealkylation sites (N-methyl/N-ethyl adjacent to an activating group) is 3. The van der Waals surface area contributed by atoms with Gasteiger partial charge in [-0.3, -0.25) is 59.4 Å². The summed E-state index contributed by atoms with van der Waals surface area (Å²) in [4.78, 5) is 92.6. The molecule has 0 bridgehead atoms. The monoisotopic (exact) mass is 1930 g/mol. The van der Waals surface area contributed by atoms with E-state index in [2.05, 4.69) is 143 Å². The molecule has 1 unspecified atom stereocenters. The number of amides is 6. The van der Waals surface area contributed by atoms with Gasteiger partial charge in [-0.05, 0) is 218 Å². The van der Waals surface area contributed by atoms with Crippen molar-refractivity contribution in [2.24, 2.45) is 5.92 Å². The summed E-state index contributed by atoms with van der Waals surface area (Å²) in [5.74, 6) is -2.58. The third kappa shape index (κ3) is 36.2. The number of aliphatic hydroxyl groups is 2. The number of carbonyl (C=O) groups excluding carboxylic acids is 6. The Labute approximate surface area is 818 Å². The van der Waals surface area contributed by atoms with Crippen LogP contribution in [0, 0.1) is 104 Å². The number of nitrogens with one attached hydrogen (secondary N) is 6. The largest absolute Gasteiger partial charge is 0.395 e. The average molecular weight is 1940 g/mol. The minimum absolute atomic E-state index is 0.0204. The number of aliphatic hydroxyl groups excluding tert-OH is 1. The number of rotatable bonds is 39. The molecule has 0 spiro atoms. The molecule has 30 nitrogen and oxygen atoms in total. The smallest absolute Gasteiger partial charge is 0.274 e. The number of aryl methyl sites for hydroxylation is 10. The Hall–Kier alpha value is -13.2. The van der Waals surface area contributed by atoms with Crippen LogP contribution in [0.25, 0.3) is 0 Å². The van der Waals surface area contributed by atoms with E-state index in [9.17, 15) is 55.8 Å². The standard InChI is InChI=1S/C19H27FN4O.C19H28N4O.C18H25FN4O.C17H20FN3O2.C17H22FN3O2.C15H18FN3O2/c1-5-23(6-2)9-10-24(19(25)18-12-15(4)21-22-18)13-16-8-7-14(3)11-17(16)20;1-5-22(6-2)10-11-23(14-17-9-7-8-15(3)12-17)19(24)18-13-16(4)20-21-18;1-4-22(5-2)10-11-23(13-15-8-6-7-9-16(15)19)18(24)17-12-14(3)20-21-17;1-12-8-16(20-19-12)17(22)21(9-13-6-7-23-11-13)10-14-4-2-3-5-15(14)18;1-11-5-6-13(14(18)7-11)9-21(10-17(3,4)23)16(22)15-8-12(2)19-20-15;1-10-3-4-12(13(16)7-10)9-19(5-6-20)15(21)14-8-11(2)17-18-14/h7-8,11-12H,5-6,9-10,13H2,1-4H3,(H,21,22);7-9,12-13H,5-6,10-11,14H2,1-4H3,(H,20,21);6-9,12H,4-5,10-11,13H2,1-3H3,(H,20,21);2-5,8,13H,6-7,9-11H2,1H3,(H,19,20);5-8,23H,9-10H2,1-4H3,(H,19,20);3-4,7-8,20H,5-6,9H2,1-2H3,(H,17,18). The number of hydrogen-bond donors (Lipinski definition) is 8. The van der Waals surface area contributed by atoms with Crippen LogP contribution in [0.3, 0.4) is 0 Å². The van der Waals surface area contributed by atoms with E-state index in [4.69, 9.17) is 9.84 Å². The molecule has 140 heavy (non-hydrogen) atoms. The van der Waals surface area contributed by atoms with E-state index in [1.165, 1.54) is 45.7 Å². The van der Waals surface area contributed by atoms with Crippen LogP contribution in [0.2, 0.25) is 0 Å². The summed E-state index contributed by atoms with van der Waals surface area (Å²) < 4.78 is 75.5. The lowest BCUT2D eigenvalue weighted by Crippen LogP contribution is -2.42. The number of ether oxygens (including phenoxy) is 1. The first kappa shape index (κ1) is 112. The minimum Gasteiger partial charge on any atom is -0.395 e. The quantitative estimate of drug-likeness (QED) is 0.0166. The highest BCUT2D eigenvalue weighted by Crippen LogP contribution is 2.25. The molecule has 35 heteroatoms. The van der Waals surface area contributed by atoms with Crippen molar-refractivity contribution in [1.29, 1.82) is 0 Å². The number of H-pyrrole nitrogens is 6. The van der Waals surface area contributed by atoms with E-state index < -0.39 is 5.60 Å². The van der Waals surface area contributed by atoms with Crippen LogP contribution < -0.4 is 0 Å². The summed E-state index contributed by atoms with van der Waals surface area (Å²) in [7, 11) is 0. The second kappa shape index (κ2) is 56.2. The van der Waals surface area contributed by atoms with Gasteiger partial charge in [0.2, 0.25) is 0 Å². The SMILES string of the molecule is CCN(CC)CCN(Cc1ccc(C)cc1F)C(=O)c1cc(C)[nH]n1.CCN(CC)CCN(Cc1cccc(C)c1)C(=O)c1cc(C)[nH]n1.CCN(CC)CCN(Cc1ccccc1F)C(=O)c1cc(C)[nH]n1.Cc1cc(C(=O)N(Cc2ccccc2F)CC2CCOC2)n[nH]1.Cc1ccc(CN(CC(C)(C)O)C(=O)c2cc(C)[nH]n2)c(F)c1.Cc1ccc(CN(CCO)C(=O)c2cc(C)[nH]n2)c(F)c1. The van der Waals surface area contributed by atoms with Gasteiger partial charge in [-0.15, -0.1) is 0 Å². The van der Waals surface area contributed by atoms with Gasteiger partial charge in [-0.1, -0.05) is 144 Å². The third-order valence-corrected chi connectivity index (χ3v) is 23.3. The predicted octanol–water partition coefficient (Wildman–Crippen LogP) is 15.9. The normalized spacial score (nSPS) is 12.1. The van der Waals surface area contributed by atoms with Crippen LogP contribution in [-0.4, -0.2) is 275 Å². The molecular weight excluding hydrogens is 1790 g/mol. The van der Waals surface area contributed by atoms with Crippen molar-refractivity contribution >= 4 is 35.4 Å². The molecule has 1 fully saturated rings. The van der Waals surface area contributed by atoms with E-state index in [-0.39, 0.29) is 134 Å². The Balaban J connectivity index is 0.000000206. The van der Waals surface area contributed by atoms with Gasteiger partial charge in [0.25, 0.3) is 35.4 Å². The zero-order valence-electron chi connectivity index (χ0n) is 84.2. The van der Waals surface area contributed by atoms with Crippen LogP contribution in [0.5, 0.6) is 0 Å². The first-order valence-electron chi connectivity index (χ1n) is 47.5. The van der Waals surface area contributed by atoms with Crippen LogP contribution >= 0.6 is 0 Å². The molecule has 1 atom stereocenters. The fourth-order valence-corrected chi connectivity index (χ4v) is 15.3. The highest BCUT2D eigenvalue weighted by molar-refractivity contribution is 5.95. The summed E-state index contributed by atoms with van der Waals surface area (Å²) in [6, 6.07) is 46.5. The number of nitrogens with zero attached hydrogens (tertiary/aromatic N) is 15. The summed E-state index contributed by atoms with van der Waals surface area (Å²) in [5, 5.41) is 59.9. The zero-order chi connectivity index (χ0) is 102. The maximum Gasteiger partial charge on any atom is 0.274 e. The first-order chi connectivity index (χ1) is 66.8. The average Bonchev–Trinajstić information content (AvgIpc) is 1.54. The lowest BCUT2D eigenvalue weighted by atomic mass is 10.1. The molecule has 0 saturated carbocycles. The van der Waals surface area contributed by atoms with Crippen LogP contribution in [-0.2, 0) is 44.0 Å². The molecule has 6 aromatic heterocycles. The molecule has 13 rings (SSSR count). The van der Waals surface area contributed by atoms with Gasteiger partial charge in [0.15, 0.2) is 0 Å². The molecule has 6 amide bonds. The fraction of sp³-hybridized carbons (Fsp3) is 0.429. The second-order valence-corrected chi connectivity index (χ2v) is 35.7. The van der Waals surface area contributed by atoms with Gasteiger partial charge >= 0.3 is 0 Å². The molecule has 0 radical (unpaired) electrons. The summed E-state index contributed by atoms with van der Waals surface area (Å²) in [5.41, 5.74) is 13.1. The van der Waals surface area contributed by atoms with E-state index in [1.807, 2.05) is 57.7 Å². The third-order valence-electron chi connectivity index (χ3n) is 23.3. The molecule has 0 aliphatic carbocycles.